The van der Waals surface area contributed by atoms with Gasteiger partial charge in [0.1, 0.15) is 5.00 Å². The molecular formula is C18H27NO3S. The van der Waals surface area contributed by atoms with Crippen LogP contribution in [0.1, 0.15) is 67.8 Å². The second kappa shape index (κ2) is 7.95. The number of amides is 1. The molecular weight excluding hydrogens is 310 g/mol. The van der Waals surface area contributed by atoms with E-state index in [1.54, 1.807) is 18.3 Å². The molecule has 2 rings (SSSR count). The van der Waals surface area contributed by atoms with Gasteiger partial charge in [-0.15, -0.1) is 11.3 Å². The van der Waals surface area contributed by atoms with Gasteiger partial charge in [0.15, 0.2) is 0 Å². The van der Waals surface area contributed by atoms with Gasteiger partial charge in [-0.3, -0.25) is 4.79 Å². The van der Waals surface area contributed by atoms with Crippen LogP contribution in [-0.4, -0.2) is 18.5 Å². The Bertz CT molecular complexity index is 577. The first-order valence-electron chi connectivity index (χ1n) is 8.57. The molecule has 0 aromatic carbocycles. The van der Waals surface area contributed by atoms with Gasteiger partial charge in [-0.25, -0.2) is 4.79 Å². The molecule has 1 aromatic rings. The van der Waals surface area contributed by atoms with Crippen LogP contribution in [0.4, 0.5) is 5.00 Å². The molecule has 1 atom stereocenters. The van der Waals surface area contributed by atoms with Crippen molar-refractivity contribution in [2.24, 2.45) is 11.8 Å². The molecule has 1 heterocycles. The fourth-order valence-corrected chi connectivity index (χ4v) is 4.42. The number of ether oxygens (including phenoxy) is 1. The van der Waals surface area contributed by atoms with Crippen LogP contribution in [-0.2, 0) is 22.4 Å². The highest BCUT2D eigenvalue weighted by Gasteiger charge is 2.29. The molecule has 0 saturated carbocycles. The second-order valence-corrected chi connectivity index (χ2v) is 7.70. The lowest BCUT2D eigenvalue weighted by atomic mass is 9.85. The van der Waals surface area contributed by atoms with Crippen molar-refractivity contribution in [3.8, 4) is 0 Å². The van der Waals surface area contributed by atoms with Gasteiger partial charge < -0.3 is 10.1 Å². The average molecular weight is 337 g/mol. The van der Waals surface area contributed by atoms with Crippen LogP contribution in [0, 0.1) is 11.8 Å². The van der Waals surface area contributed by atoms with Crippen LogP contribution in [0.15, 0.2) is 0 Å². The molecule has 1 aliphatic carbocycles. The maximum Gasteiger partial charge on any atom is 0.341 e. The third-order valence-corrected chi connectivity index (χ3v) is 5.44. The van der Waals surface area contributed by atoms with E-state index in [9.17, 15) is 9.59 Å². The predicted octanol–water partition coefficient (Wildman–Crippen LogP) is 4.42. The zero-order valence-corrected chi connectivity index (χ0v) is 15.3. The van der Waals surface area contributed by atoms with Gasteiger partial charge in [-0.1, -0.05) is 27.2 Å². The third kappa shape index (κ3) is 4.34. The molecule has 1 unspecified atom stereocenters. The van der Waals surface area contributed by atoms with Crippen molar-refractivity contribution in [3.05, 3.63) is 16.0 Å². The van der Waals surface area contributed by atoms with E-state index in [4.69, 9.17) is 4.74 Å². The summed E-state index contributed by atoms with van der Waals surface area (Å²) in [6, 6.07) is 0. The summed E-state index contributed by atoms with van der Waals surface area (Å²) < 4.78 is 5.23. The summed E-state index contributed by atoms with van der Waals surface area (Å²) in [5.41, 5.74) is 1.69. The van der Waals surface area contributed by atoms with Crippen LogP contribution in [0.25, 0.3) is 0 Å². The number of rotatable bonds is 6. The number of esters is 1. The maximum atomic E-state index is 12.4. The number of thiophene rings is 1. The zero-order valence-electron chi connectivity index (χ0n) is 14.5. The number of hydrogen-bond acceptors (Lipinski definition) is 4. The van der Waals surface area contributed by atoms with Crippen LogP contribution in [0.3, 0.4) is 0 Å². The Morgan fingerprint density at radius 2 is 2.09 bits per heavy atom. The Hall–Kier alpha value is -1.36. The highest BCUT2D eigenvalue weighted by Crippen LogP contribution is 2.40. The Labute approximate surface area is 142 Å². The Balaban J connectivity index is 2.30. The predicted molar refractivity (Wildman–Crippen MR) is 94.2 cm³/mol. The fourth-order valence-electron chi connectivity index (χ4n) is 3.06. The van der Waals surface area contributed by atoms with E-state index in [2.05, 4.69) is 12.2 Å². The smallest absolute Gasteiger partial charge is 0.341 e. The lowest BCUT2D eigenvalue weighted by molar-refractivity contribution is -0.116. The fraction of sp³-hybridized carbons (Fsp3) is 0.667. The normalized spacial score (nSPS) is 17.0. The van der Waals surface area contributed by atoms with Gasteiger partial charge in [0, 0.05) is 11.3 Å². The quantitative estimate of drug-likeness (QED) is 0.782. The molecule has 0 bridgehead atoms. The van der Waals surface area contributed by atoms with Crippen molar-refractivity contribution >= 4 is 28.2 Å². The Morgan fingerprint density at radius 3 is 2.70 bits per heavy atom. The van der Waals surface area contributed by atoms with Gasteiger partial charge in [0.25, 0.3) is 0 Å². The van der Waals surface area contributed by atoms with Crippen LogP contribution >= 0.6 is 11.3 Å². The van der Waals surface area contributed by atoms with E-state index in [0.29, 0.717) is 35.4 Å². The molecule has 1 aromatic heterocycles. The number of fused-ring (bicyclic) bond motifs is 1. The number of anilines is 1. The lowest BCUT2D eigenvalue weighted by Crippen LogP contribution is -2.17. The molecule has 1 aliphatic rings. The van der Waals surface area contributed by atoms with Crippen LogP contribution < -0.4 is 5.32 Å². The van der Waals surface area contributed by atoms with Crippen molar-refractivity contribution in [2.75, 3.05) is 11.9 Å². The SMILES string of the molecule is CCOC(=O)c1c(NC(=O)CC(C)C)sc2c1CCC(CC)C2. The number of hydrogen-bond donors (Lipinski definition) is 1. The lowest BCUT2D eigenvalue weighted by Gasteiger charge is -2.20. The van der Waals surface area contributed by atoms with E-state index >= 15 is 0 Å². The first kappa shape index (κ1) is 18.0. The summed E-state index contributed by atoms with van der Waals surface area (Å²) in [5.74, 6) is 0.631. The minimum Gasteiger partial charge on any atom is -0.462 e. The monoisotopic (exact) mass is 337 g/mol. The van der Waals surface area contributed by atoms with Gasteiger partial charge in [0.2, 0.25) is 5.91 Å². The summed E-state index contributed by atoms with van der Waals surface area (Å²) >= 11 is 1.56. The van der Waals surface area contributed by atoms with Crippen molar-refractivity contribution < 1.29 is 14.3 Å². The van der Waals surface area contributed by atoms with E-state index in [-0.39, 0.29) is 11.9 Å². The number of carbonyl (C=O) groups is 2. The molecule has 0 saturated heterocycles. The molecule has 0 radical (unpaired) electrons. The Morgan fingerprint density at radius 1 is 1.35 bits per heavy atom. The summed E-state index contributed by atoms with van der Waals surface area (Å²) in [7, 11) is 0. The first-order valence-corrected chi connectivity index (χ1v) is 9.39. The zero-order chi connectivity index (χ0) is 17.0. The number of carbonyl (C=O) groups excluding carboxylic acids is 2. The molecule has 1 amide bonds. The summed E-state index contributed by atoms with van der Waals surface area (Å²) in [5, 5.41) is 3.63. The Kier molecular flexibility index (Phi) is 6.22. The van der Waals surface area contributed by atoms with E-state index in [1.807, 2.05) is 13.8 Å². The van der Waals surface area contributed by atoms with E-state index in [1.165, 1.54) is 4.88 Å². The summed E-state index contributed by atoms with van der Waals surface area (Å²) in [6.45, 7) is 8.39. The minimum absolute atomic E-state index is 0.0313. The molecule has 5 heteroatoms. The second-order valence-electron chi connectivity index (χ2n) is 6.59. The average Bonchev–Trinajstić information content (AvgIpc) is 2.82. The standard InChI is InChI=1S/C18H27NO3S/c1-5-12-7-8-13-14(10-12)23-17(16(13)18(21)22-6-2)19-15(20)9-11(3)4/h11-12H,5-10H2,1-4H3,(H,19,20). The van der Waals surface area contributed by atoms with Crippen molar-refractivity contribution in [1.82, 2.24) is 0 Å². The van der Waals surface area contributed by atoms with Gasteiger partial charge in [-0.2, -0.15) is 0 Å². The van der Waals surface area contributed by atoms with Crippen LogP contribution in [0.5, 0.6) is 0 Å². The molecule has 1 N–H and O–H groups in total. The molecule has 0 fully saturated rings. The molecule has 4 nitrogen and oxygen atoms in total. The van der Waals surface area contributed by atoms with Crippen molar-refractivity contribution in [2.45, 2.75) is 59.8 Å². The topological polar surface area (TPSA) is 55.4 Å². The van der Waals surface area contributed by atoms with Gasteiger partial charge in [0.05, 0.1) is 12.2 Å². The molecule has 23 heavy (non-hydrogen) atoms. The summed E-state index contributed by atoms with van der Waals surface area (Å²) in [6.07, 6.45) is 4.62. The largest absolute Gasteiger partial charge is 0.462 e. The highest BCUT2D eigenvalue weighted by atomic mass is 32.1. The van der Waals surface area contributed by atoms with Gasteiger partial charge in [-0.05, 0) is 43.6 Å². The highest BCUT2D eigenvalue weighted by molar-refractivity contribution is 7.17. The van der Waals surface area contributed by atoms with Crippen LogP contribution in [0.2, 0.25) is 0 Å². The molecule has 0 aliphatic heterocycles. The number of nitrogens with one attached hydrogen (secondary N) is 1. The van der Waals surface area contributed by atoms with Crippen molar-refractivity contribution in [1.29, 1.82) is 0 Å². The van der Waals surface area contributed by atoms with E-state index < -0.39 is 0 Å². The van der Waals surface area contributed by atoms with E-state index in [0.717, 1.165) is 31.2 Å². The van der Waals surface area contributed by atoms with Crippen molar-refractivity contribution in [3.63, 3.8) is 0 Å². The third-order valence-electron chi connectivity index (χ3n) is 4.27. The van der Waals surface area contributed by atoms with Gasteiger partial charge >= 0.3 is 5.97 Å². The minimum atomic E-state index is -0.306. The molecule has 128 valence electrons. The first-order chi connectivity index (χ1) is 11.0. The molecule has 0 spiro atoms. The summed E-state index contributed by atoms with van der Waals surface area (Å²) in [4.78, 5) is 25.8. The maximum absolute atomic E-state index is 12.4.